The molecular weight excluding hydrogens is 263 g/mol. The van der Waals surface area contributed by atoms with Gasteiger partial charge < -0.3 is 9.84 Å². The number of carbonyl (C=O) groups is 1. The second-order valence-electron chi connectivity index (χ2n) is 3.55. The maximum absolute atomic E-state index is 10.6. The zero-order valence-electron chi connectivity index (χ0n) is 9.41. The zero-order valence-corrected chi connectivity index (χ0v) is 10.9. The summed E-state index contributed by atoms with van der Waals surface area (Å²) in [6, 6.07) is 4.87. The molecule has 1 aromatic rings. The number of aliphatic carboxylic acids is 1. The van der Waals surface area contributed by atoms with E-state index in [1.165, 1.54) is 13.0 Å². The highest BCUT2D eigenvalue weighted by Gasteiger charge is 2.08. The molecule has 0 aromatic heterocycles. The van der Waals surface area contributed by atoms with E-state index in [1.54, 1.807) is 25.1 Å². The summed E-state index contributed by atoms with van der Waals surface area (Å²) in [5, 5.41) is 9.64. The monoisotopic (exact) mass is 274 g/mol. The van der Waals surface area contributed by atoms with E-state index < -0.39 is 5.97 Å². The first kappa shape index (κ1) is 13.9. The third-order valence-corrected chi connectivity index (χ3v) is 2.56. The average molecular weight is 275 g/mol. The predicted molar refractivity (Wildman–Crippen MR) is 67.9 cm³/mol. The quantitative estimate of drug-likeness (QED) is 0.850. The van der Waals surface area contributed by atoms with Crippen molar-refractivity contribution in [2.45, 2.75) is 20.0 Å². The van der Waals surface area contributed by atoms with E-state index >= 15 is 0 Å². The van der Waals surface area contributed by atoms with Crippen LogP contribution < -0.4 is 4.74 Å². The fourth-order valence-electron chi connectivity index (χ4n) is 1.23. The molecule has 0 aliphatic rings. The zero-order chi connectivity index (χ0) is 13.0. The van der Waals surface area contributed by atoms with Crippen molar-refractivity contribution in [3.63, 3.8) is 0 Å². The summed E-state index contributed by atoms with van der Waals surface area (Å²) in [5.74, 6) is -0.499. The highest BCUT2D eigenvalue weighted by Crippen LogP contribution is 2.28. The number of ether oxygens (including phenoxy) is 1. The first-order chi connectivity index (χ1) is 7.90. The predicted octanol–water partition coefficient (Wildman–Crippen LogP) is 3.79. The van der Waals surface area contributed by atoms with E-state index in [4.69, 9.17) is 33.0 Å². The Morgan fingerprint density at radius 2 is 2.12 bits per heavy atom. The molecule has 1 atom stereocenters. The Morgan fingerprint density at radius 3 is 2.65 bits per heavy atom. The smallest absolute Gasteiger partial charge is 0.331 e. The summed E-state index contributed by atoms with van der Waals surface area (Å²) in [6.45, 7) is 3.24. The van der Waals surface area contributed by atoms with Gasteiger partial charge in [0.1, 0.15) is 11.9 Å². The summed E-state index contributed by atoms with van der Waals surface area (Å²) >= 11 is 11.7. The molecule has 0 aliphatic carbocycles. The number of carboxylic acid groups (broad SMARTS) is 1. The van der Waals surface area contributed by atoms with Crippen LogP contribution in [0.3, 0.4) is 0 Å². The van der Waals surface area contributed by atoms with Crippen LogP contribution in [0.4, 0.5) is 0 Å². The number of carboxylic acids is 1. The Kier molecular flexibility index (Phi) is 4.85. The molecule has 0 bridgehead atoms. The van der Waals surface area contributed by atoms with Crippen LogP contribution in [0.15, 0.2) is 29.8 Å². The molecule has 17 heavy (non-hydrogen) atoms. The summed E-state index contributed by atoms with van der Waals surface area (Å²) < 4.78 is 5.49. The molecule has 1 N–H and O–H groups in total. The van der Waals surface area contributed by atoms with Crippen molar-refractivity contribution in [3.8, 4) is 5.75 Å². The van der Waals surface area contributed by atoms with Gasteiger partial charge in [0.25, 0.3) is 0 Å². The van der Waals surface area contributed by atoms with Gasteiger partial charge in [-0.05, 0) is 38.1 Å². The van der Waals surface area contributed by atoms with E-state index in [0.717, 1.165) is 0 Å². The second-order valence-corrected chi connectivity index (χ2v) is 4.40. The number of halogens is 2. The highest BCUT2D eigenvalue weighted by atomic mass is 35.5. The SMILES string of the molecule is C/C(=C\C(C)Oc1ccc(Cl)cc1Cl)C(=O)O. The van der Waals surface area contributed by atoms with Gasteiger partial charge in [-0.15, -0.1) is 0 Å². The van der Waals surface area contributed by atoms with Crippen LogP contribution in [0.25, 0.3) is 0 Å². The van der Waals surface area contributed by atoms with Gasteiger partial charge in [0, 0.05) is 10.6 Å². The highest BCUT2D eigenvalue weighted by molar-refractivity contribution is 6.35. The lowest BCUT2D eigenvalue weighted by Gasteiger charge is -2.13. The van der Waals surface area contributed by atoms with Crippen molar-refractivity contribution in [2.24, 2.45) is 0 Å². The van der Waals surface area contributed by atoms with Gasteiger partial charge >= 0.3 is 5.97 Å². The molecule has 0 amide bonds. The Balaban J connectivity index is 2.78. The lowest BCUT2D eigenvalue weighted by molar-refractivity contribution is -0.132. The molecule has 92 valence electrons. The van der Waals surface area contributed by atoms with E-state index in [2.05, 4.69) is 0 Å². The van der Waals surface area contributed by atoms with Gasteiger partial charge in [-0.25, -0.2) is 4.79 Å². The van der Waals surface area contributed by atoms with Crippen molar-refractivity contribution in [1.29, 1.82) is 0 Å². The fourth-order valence-corrected chi connectivity index (χ4v) is 1.68. The van der Waals surface area contributed by atoms with Crippen molar-refractivity contribution in [3.05, 3.63) is 39.9 Å². The first-order valence-electron chi connectivity index (χ1n) is 4.93. The van der Waals surface area contributed by atoms with Gasteiger partial charge in [0.05, 0.1) is 5.02 Å². The molecule has 0 radical (unpaired) electrons. The lowest BCUT2D eigenvalue weighted by atomic mass is 10.2. The topological polar surface area (TPSA) is 46.5 Å². The Hall–Kier alpha value is -1.19. The van der Waals surface area contributed by atoms with E-state index in [0.29, 0.717) is 15.8 Å². The minimum absolute atomic E-state index is 0.225. The molecule has 0 saturated carbocycles. The maximum atomic E-state index is 10.6. The normalized spacial score (nSPS) is 13.3. The van der Waals surface area contributed by atoms with Crippen LogP contribution in [-0.2, 0) is 4.79 Å². The summed E-state index contributed by atoms with van der Waals surface area (Å²) in [4.78, 5) is 10.6. The summed E-state index contributed by atoms with van der Waals surface area (Å²) in [6.07, 6.45) is 1.12. The average Bonchev–Trinajstić information content (AvgIpc) is 2.22. The first-order valence-corrected chi connectivity index (χ1v) is 5.69. The summed E-state index contributed by atoms with van der Waals surface area (Å²) in [5.41, 5.74) is 0.225. The molecule has 0 heterocycles. The molecular formula is C12H12Cl2O3. The number of hydrogen-bond acceptors (Lipinski definition) is 2. The number of benzene rings is 1. The largest absolute Gasteiger partial charge is 0.485 e. The van der Waals surface area contributed by atoms with Gasteiger partial charge in [0.15, 0.2) is 0 Å². The molecule has 5 heteroatoms. The number of hydrogen-bond donors (Lipinski definition) is 1. The van der Waals surface area contributed by atoms with E-state index in [-0.39, 0.29) is 11.7 Å². The van der Waals surface area contributed by atoms with Gasteiger partial charge in [-0.1, -0.05) is 23.2 Å². The minimum Gasteiger partial charge on any atom is -0.485 e. The Morgan fingerprint density at radius 1 is 1.47 bits per heavy atom. The fraction of sp³-hybridized carbons (Fsp3) is 0.250. The van der Waals surface area contributed by atoms with Gasteiger partial charge in [0.2, 0.25) is 0 Å². The number of rotatable bonds is 4. The second kappa shape index (κ2) is 5.94. The molecule has 1 rings (SSSR count). The van der Waals surface area contributed by atoms with Crippen molar-refractivity contribution in [1.82, 2.24) is 0 Å². The maximum Gasteiger partial charge on any atom is 0.331 e. The van der Waals surface area contributed by atoms with Crippen LogP contribution in [0.5, 0.6) is 5.75 Å². The van der Waals surface area contributed by atoms with Crippen molar-refractivity contribution in [2.75, 3.05) is 0 Å². The Labute approximate surface area is 110 Å². The van der Waals surface area contributed by atoms with Crippen LogP contribution in [0, 0.1) is 0 Å². The molecule has 0 spiro atoms. The molecule has 3 nitrogen and oxygen atoms in total. The third kappa shape index (κ3) is 4.29. The van der Waals surface area contributed by atoms with E-state index in [1.807, 2.05) is 0 Å². The Bertz CT molecular complexity index is 455. The minimum atomic E-state index is -0.970. The van der Waals surface area contributed by atoms with Gasteiger partial charge in [-0.3, -0.25) is 0 Å². The van der Waals surface area contributed by atoms with Crippen LogP contribution in [0.1, 0.15) is 13.8 Å². The van der Waals surface area contributed by atoms with Crippen molar-refractivity contribution >= 4 is 29.2 Å². The lowest BCUT2D eigenvalue weighted by Crippen LogP contribution is -2.11. The van der Waals surface area contributed by atoms with Crippen LogP contribution >= 0.6 is 23.2 Å². The molecule has 0 saturated heterocycles. The van der Waals surface area contributed by atoms with Crippen LogP contribution in [-0.4, -0.2) is 17.2 Å². The molecule has 0 aliphatic heterocycles. The molecule has 1 aromatic carbocycles. The summed E-state index contributed by atoms with van der Waals surface area (Å²) in [7, 11) is 0. The molecule has 0 fully saturated rings. The standard InChI is InChI=1S/C12H12Cl2O3/c1-7(12(15)16)5-8(2)17-11-4-3-9(13)6-10(11)14/h3-6,8H,1-2H3,(H,15,16)/b7-5+. The van der Waals surface area contributed by atoms with Crippen molar-refractivity contribution < 1.29 is 14.6 Å². The van der Waals surface area contributed by atoms with E-state index in [9.17, 15) is 4.79 Å². The van der Waals surface area contributed by atoms with Crippen LogP contribution in [0.2, 0.25) is 10.0 Å². The van der Waals surface area contributed by atoms with Gasteiger partial charge in [-0.2, -0.15) is 0 Å². The molecule has 1 unspecified atom stereocenters. The third-order valence-electron chi connectivity index (χ3n) is 2.03.